The molecule has 0 spiro atoms. The van der Waals surface area contributed by atoms with Crippen molar-refractivity contribution in [3.8, 4) is 0 Å². The van der Waals surface area contributed by atoms with E-state index in [0.717, 1.165) is 0 Å². The van der Waals surface area contributed by atoms with Crippen molar-refractivity contribution in [2.75, 3.05) is 18.9 Å². The van der Waals surface area contributed by atoms with Crippen molar-refractivity contribution in [1.82, 2.24) is 4.72 Å². The summed E-state index contributed by atoms with van der Waals surface area (Å²) in [5.74, 6) is 0. The van der Waals surface area contributed by atoms with Gasteiger partial charge in [0.1, 0.15) is 6.61 Å². The highest BCUT2D eigenvalue weighted by molar-refractivity contribution is 7.89. The minimum Gasteiger partial charge on any atom is -0.448 e. The molecular weight excluding hydrogens is 258 g/mol. The molecule has 0 saturated heterocycles. The van der Waals surface area contributed by atoms with Crippen LogP contribution in [-0.4, -0.2) is 27.7 Å². The number of ether oxygens (including phenoxy) is 1. The maximum Gasteiger partial charge on any atom is 0.404 e. The Hall–Kier alpha value is -1.80. The maximum atomic E-state index is 11.9. The maximum absolute atomic E-state index is 11.9. The van der Waals surface area contributed by atoms with Gasteiger partial charge in [0.25, 0.3) is 0 Å². The molecule has 0 aliphatic rings. The lowest BCUT2D eigenvalue weighted by Gasteiger charge is -2.10. The quantitative estimate of drug-likeness (QED) is 0.512. The molecule has 5 N–H and O–H groups in total. The zero-order valence-electron chi connectivity index (χ0n) is 9.84. The first kappa shape index (κ1) is 14.3. The topological polar surface area (TPSA) is 125 Å². The Morgan fingerprint density at radius 3 is 2.72 bits per heavy atom. The van der Waals surface area contributed by atoms with Crippen LogP contribution in [0.2, 0.25) is 0 Å². The highest BCUT2D eigenvalue weighted by atomic mass is 32.2. The van der Waals surface area contributed by atoms with Gasteiger partial charge in [-0.3, -0.25) is 0 Å². The van der Waals surface area contributed by atoms with Gasteiger partial charge in [-0.05, 0) is 24.6 Å². The Morgan fingerprint density at radius 1 is 1.44 bits per heavy atom. The number of nitrogens with one attached hydrogen (secondary N) is 1. The van der Waals surface area contributed by atoms with Gasteiger partial charge in [-0.1, -0.05) is 6.07 Å². The minimum absolute atomic E-state index is 0.0560. The summed E-state index contributed by atoms with van der Waals surface area (Å²) in [5, 5.41) is 0. The van der Waals surface area contributed by atoms with Crippen LogP contribution < -0.4 is 16.2 Å². The van der Waals surface area contributed by atoms with E-state index in [1.165, 1.54) is 6.07 Å². The SMILES string of the molecule is Cc1c(N)cccc1S(=O)(=O)NCCOC(N)=O. The summed E-state index contributed by atoms with van der Waals surface area (Å²) in [6, 6.07) is 4.62. The molecule has 0 bridgehead atoms. The van der Waals surface area contributed by atoms with E-state index >= 15 is 0 Å². The Morgan fingerprint density at radius 2 is 2.11 bits per heavy atom. The largest absolute Gasteiger partial charge is 0.448 e. The number of carbonyl (C=O) groups is 1. The second-order valence-electron chi connectivity index (χ2n) is 3.54. The molecule has 8 heteroatoms. The van der Waals surface area contributed by atoms with Crippen LogP contribution in [0.25, 0.3) is 0 Å². The Kier molecular flexibility index (Phi) is 4.51. The molecule has 100 valence electrons. The van der Waals surface area contributed by atoms with Crippen molar-refractivity contribution >= 4 is 21.8 Å². The number of rotatable bonds is 5. The molecular formula is C10H15N3O4S. The fourth-order valence-corrected chi connectivity index (χ4v) is 2.61. The predicted molar refractivity (Wildman–Crippen MR) is 66.3 cm³/mol. The van der Waals surface area contributed by atoms with Crippen LogP contribution in [0.3, 0.4) is 0 Å². The molecule has 0 fully saturated rings. The van der Waals surface area contributed by atoms with E-state index < -0.39 is 16.1 Å². The number of nitrogen functional groups attached to an aromatic ring is 1. The molecule has 0 aliphatic heterocycles. The monoisotopic (exact) mass is 273 g/mol. The molecule has 0 unspecified atom stereocenters. The number of hydrogen-bond donors (Lipinski definition) is 3. The minimum atomic E-state index is -3.67. The fourth-order valence-electron chi connectivity index (χ4n) is 1.33. The van der Waals surface area contributed by atoms with Crippen LogP contribution in [0.15, 0.2) is 23.1 Å². The molecule has 0 atom stereocenters. The zero-order chi connectivity index (χ0) is 13.8. The number of carbonyl (C=O) groups excluding carboxylic acids is 1. The molecule has 0 saturated carbocycles. The summed E-state index contributed by atoms with van der Waals surface area (Å²) < 4.78 is 30.5. The summed E-state index contributed by atoms with van der Waals surface area (Å²) >= 11 is 0. The zero-order valence-corrected chi connectivity index (χ0v) is 10.7. The van der Waals surface area contributed by atoms with Gasteiger partial charge in [-0.2, -0.15) is 0 Å². The van der Waals surface area contributed by atoms with Crippen LogP contribution >= 0.6 is 0 Å². The Bertz CT molecular complexity index is 542. The van der Waals surface area contributed by atoms with Gasteiger partial charge in [-0.15, -0.1) is 0 Å². The van der Waals surface area contributed by atoms with Crippen molar-refractivity contribution in [1.29, 1.82) is 0 Å². The normalized spacial score (nSPS) is 11.2. The summed E-state index contributed by atoms with van der Waals surface area (Å²) in [5.41, 5.74) is 11.2. The second kappa shape index (κ2) is 5.69. The van der Waals surface area contributed by atoms with E-state index in [-0.39, 0.29) is 18.0 Å². The van der Waals surface area contributed by atoms with E-state index in [1.54, 1.807) is 19.1 Å². The van der Waals surface area contributed by atoms with E-state index in [4.69, 9.17) is 11.5 Å². The third-order valence-electron chi connectivity index (χ3n) is 2.25. The van der Waals surface area contributed by atoms with Crippen molar-refractivity contribution in [2.24, 2.45) is 5.73 Å². The number of nitrogens with two attached hydrogens (primary N) is 2. The number of hydrogen-bond acceptors (Lipinski definition) is 5. The molecule has 0 aliphatic carbocycles. The first-order valence-electron chi connectivity index (χ1n) is 5.11. The van der Waals surface area contributed by atoms with Crippen molar-refractivity contribution in [3.05, 3.63) is 23.8 Å². The van der Waals surface area contributed by atoms with Gasteiger partial charge in [0.05, 0.1) is 4.90 Å². The summed E-state index contributed by atoms with van der Waals surface area (Å²) in [7, 11) is -3.67. The standard InChI is InChI=1S/C10H15N3O4S/c1-7-8(11)3-2-4-9(7)18(15,16)13-5-6-17-10(12)14/h2-4,13H,5-6,11H2,1H3,(H2,12,14). The molecule has 1 aromatic rings. The van der Waals surface area contributed by atoms with Gasteiger partial charge in [0, 0.05) is 12.2 Å². The number of sulfonamides is 1. The summed E-state index contributed by atoms with van der Waals surface area (Å²) in [6.45, 7) is 1.43. The lowest BCUT2D eigenvalue weighted by atomic mass is 10.2. The molecule has 0 heterocycles. The van der Waals surface area contributed by atoms with E-state index in [9.17, 15) is 13.2 Å². The number of primary amides is 1. The highest BCUT2D eigenvalue weighted by Crippen LogP contribution is 2.19. The van der Waals surface area contributed by atoms with Crippen LogP contribution in [-0.2, 0) is 14.8 Å². The molecule has 1 aromatic carbocycles. The van der Waals surface area contributed by atoms with Crippen LogP contribution in [0.5, 0.6) is 0 Å². The Labute approximate surface area is 105 Å². The van der Waals surface area contributed by atoms with E-state index in [0.29, 0.717) is 11.3 Å². The van der Waals surface area contributed by atoms with E-state index in [2.05, 4.69) is 9.46 Å². The number of anilines is 1. The van der Waals surface area contributed by atoms with Gasteiger partial charge in [0.15, 0.2) is 0 Å². The summed E-state index contributed by atoms with van der Waals surface area (Å²) in [4.78, 5) is 10.4. The molecule has 1 rings (SSSR count). The molecule has 18 heavy (non-hydrogen) atoms. The average molecular weight is 273 g/mol. The van der Waals surface area contributed by atoms with Gasteiger partial charge >= 0.3 is 6.09 Å². The number of amides is 1. The first-order valence-corrected chi connectivity index (χ1v) is 6.60. The highest BCUT2D eigenvalue weighted by Gasteiger charge is 2.17. The Balaban J connectivity index is 2.75. The van der Waals surface area contributed by atoms with Crippen molar-refractivity contribution in [2.45, 2.75) is 11.8 Å². The molecule has 1 amide bonds. The predicted octanol–water partition coefficient (Wildman–Crippen LogP) is -0.0492. The third kappa shape index (κ3) is 3.60. The van der Waals surface area contributed by atoms with Crippen molar-refractivity contribution < 1.29 is 17.9 Å². The second-order valence-corrected chi connectivity index (χ2v) is 5.27. The lowest BCUT2D eigenvalue weighted by molar-refractivity contribution is 0.159. The van der Waals surface area contributed by atoms with Gasteiger partial charge in [-0.25, -0.2) is 17.9 Å². The lowest BCUT2D eigenvalue weighted by Crippen LogP contribution is -2.29. The molecule has 7 nitrogen and oxygen atoms in total. The van der Waals surface area contributed by atoms with Gasteiger partial charge < -0.3 is 16.2 Å². The van der Waals surface area contributed by atoms with E-state index in [1.807, 2.05) is 0 Å². The molecule has 0 radical (unpaired) electrons. The molecule has 0 aromatic heterocycles. The van der Waals surface area contributed by atoms with Crippen molar-refractivity contribution in [3.63, 3.8) is 0 Å². The third-order valence-corrected chi connectivity index (χ3v) is 3.86. The van der Waals surface area contributed by atoms with Crippen LogP contribution in [0.4, 0.5) is 10.5 Å². The first-order chi connectivity index (χ1) is 8.34. The van der Waals surface area contributed by atoms with Crippen LogP contribution in [0.1, 0.15) is 5.56 Å². The summed E-state index contributed by atoms with van der Waals surface area (Å²) in [6.07, 6.45) is -0.950. The smallest absolute Gasteiger partial charge is 0.404 e. The van der Waals surface area contributed by atoms with Crippen LogP contribution in [0, 0.1) is 6.92 Å². The van der Waals surface area contributed by atoms with Gasteiger partial charge in [0.2, 0.25) is 10.0 Å². The fraction of sp³-hybridized carbons (Fsp3) is 0.300. The number of benzene rings is 1. The average Bonchev–Trinajstić information content (AvgIpc) is 2.28.